The number of anilines is 1. The van der Waals surface area contributed by atoms with E-state index in [1.165, 1.54) is 12.5 Å². The predicted octanol–water partition coefficient (Wildman–Crippen LogP) is 4.51. The standard InChI is InChI=1S/C25H28FN5O2/c26-21-6-2-3-7-22(21)28-25(33)30-13-8-18(9-14-30)19-10-15-31-23(16-19)20(17-27-31)24(32)29-11-4-1-5-12-29/h2-3,6-7,10,15-18H,1,4-5,8-9,11-14H2,(H,28,33). The molecule has 0 atom stereocenters. The van der Waals surface area contributed by atoms with E-state index in [0.717, 1.165) is 49.9 Å². The summed E-state index contributed by atoms with van der Waals surface area (Å²) >= 11 is 0. The van der Waals surface area contributed by atoms with Crippen molar-refractivity contribution in [1.29, 1.82) is 0 Å². The highest BCUT2D eigenvalue weighted by atomic mass is 19.1. The van der Waals surface area contributed by atoms with Gasteiger partial charge in [-0.25, -0.2) is 13.7 Å². The zero-order valence-corrected chi connectivity index (χ0v) is 18.5. The van der Waals surface area contributed by atoms with E-state index in [4.69, 9.17) is 0 Å². The van der Waals surface area contributed by atoms with Crippen LogP contribution in [0.1, 0.15) is 53.9 Å². The van der Waals surface area contributed by atoms with Crippen LogP contribution in [0.15, 0.2) is 48.8 Å². The van der Waals surface area contributed by atoms with Crippen molar-refractivity contribution in [2.24, 2.45) is 0 Å². The van der Waals surface area contributed by atoms with Crippen molar-refractivity contribution in [3.05, 3.63) is 65.7 Å². The van der Waals surface area contributed by atoms with Crippen LogP contribution in [0.5, 0.6) is 0 Å². The van der Waals surface area contributed by atoms with Gasteiger partial charge in [0, 0.05) is 32.4 Å². The highest BCUT2D eigenvalue weighted by Gasteiger charge is 2.26. The zero-order valence-electron chi connectivity index (χ0n) is 18.5. The largest absolute Gasteiger partial charge is 0.339 e. The molecule has 2 fully saturated rings. The summed E-state index contributed by atoms with van der Waals surface area (Å²) in [5.41, 5.74) is 2.84. The molecule has 172 valence electrons. The van der Waals surface area contributed by atoms with Gasteiger partial charge in [-0.2, -0.15) is 5.10 Å². The van der Waals surface area contributed by atoms with E-state index in [-0.39, 0.29) is 17.6 Å². The highest BCUT2D eigenvalue weighted by Crippen LogP contribution is 2.30. The van der Waals surface area contributed by atoms with E-state index in [2.05, 4.69) is 22.5 Å². The summed E-state index contributed by atoms with van der Waals surface area (Å²) < 4.78 is 15.6. The number of likely N-dealkylation sites (tertiary alicyclic amines) is 2. The maximum absolute atomic E-state index is 13.8. The lowest BCUT2D eigenvalue weighted by Crippen LogP contribution is -2.40. The maximum atomic E-state index is 13.8. The molecule has 2 aromatic heterocycles. The van der Waals surface area contributed by atoms with Crippen LogP contribution in [0.25, 0.3) is 5.52 Å². The molecule has 2 saturated heterocycles. The fourth-order valence-electron chi connectivity index (χ4n) is 4.86. The molecule has 4 heterocycles. The van der Waals surface area contributed by atoms with Crippen molar-refractivity contribution in [1.82, 2.24) is 19.4 Å². The van der Waals surface area contributed by atoms with Crippen LogP contribution in [0.4, 0.5) is 14.9 Å². The van der Waals surface area contributed by atoms with Crippen molar-refractivity contribution in [2.45, 2.75) is 38.0 Å². The Morgan fingerprint density at radius 3 is 2.48 bits per heavy atom. The summed E-state index contributed by atoms with van der Waals surface area (Å²) in [6, 6.07) is 10.0. The lowest BCUT2D eigenvalue weighted by molar-refractivity contribution is 0.0726. The molecule has 2 aliphatic heterocycles. The van der Waals surface area contributed by atoms with Gasteiger partial charge in [0.15, 0.2) is 0 Å². The minimum atomic E-state index is -0.440. The van der Waals surface area contributed by atoms with Gasteiger partial charge >= 0.3 is 6.03 Å². The molecule has 2 aliphatic rings. The molecule has 1 N–H and O–H groups in total. The van der Waals surface area contributed by atoms with Crippen LogP contribution in [0, 0.1) is 5.82 Å². The molecule has 8 heteroatoms. The third-order valence-corrected chi connectivity index (χ3v) is 6.79. The maximum Gasteiger partial charge on any atom is 0.321 e. The molecule has 1 aromatic carbocycles. The van der Waals surface area contributed by atoms with E-state index >= 15 is 0 Å². The van der Waals surface area contributed by atoms with Gasteiger partial charge in [-0.15, -0.1) is 0 Å². The molecule has 0 saturated carbocycles. The molecule has 0 unspecified atom stereocenters. The van der Waals surface area contributed by atoms with Crippen LogP contribution >= 0.6 is 0 Å². The third-order valence-electron chi connectivity index (χ3n) is 6.79. The fourth-order valence-corrected chi connectivity index (χ4v) is 4.86. The Morgan fingerprint density at radius 2 is 1.73 bits per heavy atom. The Balaban J connectivity index is 1.26. The van der Waals surface area contributed by atoms with Gasteiger partial charge in [0.1, 0.15) is 5.82 Å². The highest BCUT2D eigenvalue weighted by molar-refractivity contribution is 6.00. The summed E-state index contributed by atoms with van der Waals surface area (Å²) in [5.74, 6) is -0.0911. The number of para-hydroxylation sites is 1. The first-order valence-electron chi connectivity index (χ1n) is 11.7. The Kier molecular flexibility index (Phi) is 5.98. The Hall–Kier alpha value is -3.42. The monoisotopic (exact) mass is 449 g/mol. The molecule has 0 radical (unpaired) electrons. The number of pyridine rings is 1. The molecule has 33 heavy (non-hydrogen) atoms. The lowest BCUT2D eigenvalue weighted by atomic mass is 9.89. The molecule has 5 rings (SSSR count). The minimum absolute atomic E-state index is 0.0569. The summed E-state index contributed by atoms with van der Waals surface area (Å²) in [6.07, 6.45) is 8.49. The first kappa shape index (κ1) is 21.4. The number of aromatic nitrogens is 2. The Bertz CT molecular complexity index is 1160. The molecule has 3 amide bonds. The van der Waals surface area contributed by atoms with Crippen LogP contribution in [0.2, 0.25) is 0 Å². The van der Waals surface area contributed by atoms with E-state index in [1.807, 2.05) is 11.1 Å². The Morgan fingerprint density at radius 1 is 0.970 bits per heavy atom. The first-order valence-corrected chi connectivity index (χ1v) is 11.7. The van der Waals surface area contributed by atoms with Gasteiger partial charge in [-0.3, -0.25) is 4.79 Å². The quantitative estimate of drug-likeness (QED) is 0.640. The van der Waals surface area contributed by atoms with Gasteiger partial charge in [0.25, 0.3) is 5.91 Å². The molecular formula is C25H28FN5O2. The Labute approximate surface area is 192 Å². The number of carbonyl (C=O) groups is 2. The van der Waals surface area contributed by atoms with Crippen LogP contribution < -0.4 is 5.32 Å². The molecule has 0 bridgehead atoms. The first-order chi connectivity index (χ1) is 16.1. The van der Waals surface area contributed by atoms with Crippen LogP contribution in [-0.2, 0) is 0 Å². The van der Waals surface area contributed by atoms with Crippen molar-refractivity contribution in [3.63, 3.8) is 0 Å². The normalized spacial score (nSPS) is 17.4. The number of benzene rings is 1. The van der Waals surface area contributed by atoms with E-state index in [1.54, 1.807) is 33.8 Å². The van der Waals surface area contributed by atoms with Crippen molar-refractivity contribution in [2.75, 3.05) is 31.5 Å². The molecule has 3 aromatic rings. The SMILES string of the molecule is O=C(Nc1ccccc1F)N1CCC(c2ccn3ncc(C(=O)N4CCCCC4)c3c2)CC1. The second kappa shape index (κ2) is 9.21. The topological polar surface area (TPSA) is 70.0 Å². The molecule has 7 nitrogen and oxygen atoms in total. The third kappa shape index (κ3) is 4.42. The number of hydrogen-bond acceptors (Lipinski definition) is 3. The van der Waals surface area contributed by atoms with Crippen LogP contribution in [0.3, 0.4) is 0 Å². The average Bonchev–Trinajstić information content (AvgIpc) is 3.29. The average molecular weight is 450 g/mol. The van der Waals surface area contributed by atoms with Gasteiger partial charge < -0.3 is 15.1 Å². The number of carbonyl (C=O) groups excluding carboxylic acids is 2. The van der Waals surface area contributed by atoms with E-state index < -0.39 is 5.82 Å². The molecule has 0 spiro atoms. The van der Waals surface area contributed by atoms with Gasteiger partial charge in [0.2, 0.25) is 0 Å². The second-order valence-corrected chi connectivity index (χ2v) is 8.87. The summed E-state index contributed by atoms with van der Waals surface area (Å²) in [5, 5.41) is 7.04. The molecule has 0 aliphatic carbocycles. The number of amides is 3. The number of urea groups is 1. The number of fused-ring (bicyclic) bond motifs is 1. The number of halogens is 1. The number of nitrogens with zero attached hydrogens (tertiary/aromatic N) is 4. The van der Waals surface area contributed by atoms with Gasteiger partial charge in [-0.05, 0) is 67.9 Å². The number of nitrogens with one attached hydrogen (secondary N) is 1. The van der Waals surface area contributed by atoms with Gasteiger partial charge in [-0.1, -0.05) is 12.1 Å². The van der Waals surface area contributed by atoms with Crippen molar-refractivity contribution < 1.29 is 14.0 Å². The van der Waals surface area contributed by atoms with Crippen LogP contribution in [-0.4, -0.2) is 57.5 Å². The zero-order chi connectivity index (χ0) is 22.8. The minimum Gasteiger partial charge on any atom is -0.339 e. The summed E-state index contributed by atoms with van der Waals surface area (Å²) in [7, 11) is 0. The smallest absolute Gasteiger partial charge is 0.321 e. The molecular weight excluding hydrogens is 421 g/mol. The summed E-state index contributed by atoms with van der Waals surface area (Å²) in [4.78, 5) is 29.3. The van der Waals surface area contributed by atoms with Crippen molar-refractivity contribution >= 4 is 23.1 Å². The van der Waals surface area contributed by atoms with E-state index in [0.29, 0.717) is 24.6 Å². The number of piperidine rings is 2. The number of hydrogen-bond donors (Lipinski definition) is 1. The van der Waals surface area contributed by atoms with Crippen molar-refractivity contribution in [3.8, 4) is 0 Å². The lowest BCUT2D eigenvalue weighted by Gasteiger charge is -2.32. The number of rotatable bonds is 3. The predicted molar refractivity (Wildman–Crippen MR) is 124 cm³/mol. The van der Waals surface area contributed by atoms with Gasteiger partial charge in [0.05, 0.1) is 23.0 Å². The summed E-state index contributed by atoms with van der Waals surface area (Å²) in [6.45, 7) is 2.80. The second-order valence-electron chi connectivity index (χ2n) is 8.87. The fraction of sp³-hybridized carbons (Fsp3) is 0.400. The van der Waals surface area contributed by atoms with E-state index in [9.17, 15) is 14.0 Å².